The van der Waals surface area contributed by atoms with E-state index in [1.807, 2.05) is 6.92 Å². The number of likely N-dealkylation sites (tertiary alicyclic amines) is 1. The van der Waals surface area contributed by atoms with Crippen LogP contribution in [0.2, 0.25) is 0 Å². The van der Waals surface area contributed by atoms with Crippen LogP contribution < -0.4 is 0 Å². The molecular weight excluding hydrogens is 222 g/mol. The normalized spacial score (nSPS) is 29.2. The first kappa shape index (κ1) is 14.0. The van der Waals surface area contributed by atoms with Crippen molar-refractivity contribution in [1.82, 2.24) is 4.90 Å². The predicted octanol–water partition coefficient (Wildman–Crippen LogP) is 1.34. The maximum Gasteiger partial charge on any atom is 0.411 e. The second-order valence-electron chi connectivity index (χ2n) is 5.62. The van der Waals surface area contributed by atoms with Crippen molar-refractivity contribution in [3.05, 3.63) is 0 Å². The minimum atomic E-state index is -1.11. The van der Waals surface area contributed by atoms with Gasteiger partial charge in [0.2, 0.25) is 0 Å². The number of hydrogen-bond acceptors (Lipinski definition) is 4. The van der Waals surface area contributed by atoms with Gasteiger partial charge in [-0.3, -0.25) is 4.90 Å². The molecule has 2 unspecified atom stereocenters. The number of aliphatic hydroxyl groups is 1. The lowest BCUT2D eigenvalue weighted by molar-refractivity contribution is -0.120. The Hall–Kier alpha value is -1.10. The molecule has 98 valence electrons. The first-order valence-electron chi connectivity index (χ1n) is 5.85. The number of carbonyl (C=O) groups is 2. The summed E-state index contributed by atoms with van der Waals surface area (Å²) in [6, 6.07) is -0.0952. The molecule has 1 aliphatic heterocycles. The number of rotatable bonds is 2. The molecule has 0 aromatic rings. The summed E-state index contributed by atoms with van der Waals surface area (Å²) in [5.41, 5.74) is -1.72. The molecule has 17 heavy (non-hydrogen) atoms. The Morgan fingerprint density at radius 1 is 1.59 bits per heavy atom. The average molecular weight is 243 g/mol. The summed E-state index contributed by atoms with van der Waals surface area (Å²) >= 11 is 0. The molecule has 2 atom stereocenters. The van der Waals surface area contributed by atoms with Crippen LogP contribution in [-0.2, 0) is 9.53 Å². The number of ether oxygens (including phenoxy) is 1. The van der Waals surface area contributed by atoms with Crippen molar-refractivity contribution in [1.29, 1.82) is 0 Å². The summed E-state index contributed by atoms with van der Waals surface area (Å²) in [5.74, 6) is 0. The minimum Gasteiger partial charge on any atom is -0.444 e. The molecule has 0 aliphatic carbocycles. The highest BCUT2D eigenvalue weighted by Gasteiger charge is 2.48. The molecule has 0 aromatic carbocycles. The third-order valence-electron chi connectivity index (χ3n) is 3.00. The van der Waals surface area contributed by atoms with E-state index in [4.69, 9.17) is 4.74 Å². The molecule has 1 fully saturated rings. The first-order valence-corrected chi connectivity index (χ1v) is 5.85. The molecule has 0 radical (unpaired) electrons. The van der Waals surface area contributed by atoms with Gasteiger partial charge in [-0.1, -0.05) is 0 Å². The molecule has 0 spiro atoms. The van der Waals surface area contributed by atoms with Gasteiger partial charge in [-0.15, -0.1) is 0 Å². The predicted molar refractivity (Wildman–Crippen MR) is 62.6 cm³/mol. The summed E-state index contributed by atoms with van der Waals surface area (Å²) < 4.78 is 5.27. The smallest absolute Gasteiger partial charge is 0.411 e. The number of amides is 1. The number of nitrogens with zero attached hydrogens (tertiary/aromatic N) is 1. The van der Waals surface area contributed by atoms with Crippen molar-refractivity contribution in [2.45, 2.75) is 57.7 Å². The number of aliphatic hydroxyl groups excluding tert-OH is 1. The van der Waals surface area contributed by atoms with Gasteiger partial charge in [0.05, 0.1) is 6.61 Å². The third kappa shape index (κ3) is 2.77. The Morgan fingerprint density at radius 2 is 2.18 bits per heavy atom. The summed E-state index contributed by atoms with van der Waals surface area (Å²) in [7, 11) is 0. The van der Waals surface area contributed by atoms with Crippen molar-refractivity contribution in [2.24, 2.45) is 0 Å². The zero-order chi connectivity index (χ0) is 13.3. The molecule has 1 amide bonds. The van der Waals surface area contributed by atoms with Crippen LogP contribution in [0.5, 0.6) is 0 Å². The molecule has 1 aliphatic rings. The van der Waals surface area contributed by atoms with Crippen LogP contribution in [0, 0.1) is 0 Å². The first-order chi connectivity index (χ1) is 7.75. The topological polar surface area (TPSA) is 66.8 Å². The Morgan fingerprint density at radius 3 is 2.59 bits per heavy atom. The van der Waals surface area contributed by atoms with Crippen LogP contribution in [0.15, 0.2) is 0 Å². The van der Waals surface area contributed by atoms with E-state index < -0.39 is 17.2 Å². The molecule has 0 saturated carbocycles. The molecule has 0 bridgehead atoms. The van der Waals surface area contributed by atoms with Gasteiger partial charge in [0, 0.05) is 6.04 Å². The largest absolute Gasteiger partial charge is 0.444 e. The standard InChI is InChI=1S/C12H21NO4/c1-9-5-6-12(7-14,8-15)13(9)10(16)17-11(2,3)4/h7,9,15H,5-6,8H2,1-4H3. The van der Waals surface area contributed by atoms with Crippen molar-refractivity contribution < 1.29 is 19.4 Å². The summed E-state index contributed by atoms with van der Waals surface area (Å²) in [5, 5.41) is 9.37. The lowest BCUT2D eigenvalue weighted by Gasteiger charge is -2.36. The summed E-state index contributed by atoms with van der Waals surface area (Å²) in [6.07, 6.45) is 1.29. The third-order valence-corrected chi connectivity index (χ3v) is 3.00. The fourth-order valence-corrected chi connectivity index (χ4v) is 2.13. The molecule has 1 heterocycles. The monoisotopic (exact) mass is 243 g/mol. The fourth-order valence-electron chi connectivity index (χ4n) is 2.13. The van der Waals surface area contributed by atoms with E-state index in [1.165, 1.54) is 4.90 Å². The molecule has 1 rings (SSSR count). The van der Waals surface area contributed by atoms with E-state index in [-0.39, 0.29) is 12.6 Å². The second-order valence-corrected chi connectivity index (χ2v) is 5.62. The van der Waals surface area contributed by atoms with Gasteiger partial charge in [0.15, 0.2) is 0 Å². The maximum absolute atomic E-state index is 12.0. The molecule has 1 saturated heterocycles. The van der Waals surface area contributed by atoms with Gasteiger partial charge >= 0.3 is 6.09 Å². The number of aldehydes is 1. The Bertz CT molecular complexity index is 310. The van der Waals surface area contributed by atoms with E-state index in [2.05, 4.69) is 0 Å². The summed E-state index contributed by atoms with van der Waals surface area (Å²) in [4.78, 5) is 24.6. The molecule has 5 heteroatoms. The van der Waals surface area contributed by atoms with E-state index in [9.17, 15) is 14.7 Å². The zero-order valence-corrected chi connectivity index (χ0v) is 10.9. The van der Waals surface area contributed by atoms with Crippen LogP contribution in [0.3, 0.4) is 0 Å². The average Bonchev–Trinajstić information content (AvgIpc) is 2.53. The van der Waals surface area contributed by atoms with Gasteiger partial charge in [-0.05, 0) is 40.5 Å². The van der Waals surface area contributed by atoms with Crippen LogP contribution >= 0.6 is 0 Å². The second kappa shape index (κ2) is 4.64. The van der Waals surface area contributed by atoms with Gasteiger partial charge in [0.25, 0.3) is 0 Å². The molecule has 0 aromatic heterocycles. The fraction of sp³-hybridized carbons (Fsp3) is 0.833. The lowest BCUT2D eigenvalue weighted by atomic mass is 10.00. The van der Waals surface area contributed by atoms with Crippen LogP contribution in [0.4, 0.5) is 4.79 Å². The van der Waals surface area contributed by atoms with Crippen molar-refractivity contribution in [3.8, 4) is 0 Å². The van der Waals surface area contributed by atoms with Gasteiger partial charge in [-0.25, -0.2) is 4.79 Å². The number of hydrogen-bond donors (Lipinski definition) is 1. The molecule has 1 N–H and O–H groups in total. The van der Waals surface area contributed by atoms with Crippen LogP contribution in [-0.4, -0.2) is 46.2 Å². The van der Waals surface area contributed by atoms with Crippen molar-refractivity contribution >= 4 is 12.4 Å². The van der Waals surface area contributed by atoms with Crippen molar-refractivity contribution in [3.63, 3.8) is 0 Å². The maximum atomic E-state index is 12.0. The quantitative estimate of drug-likeness (QED) is 0.743. The van der Waals surface area contributed by atoms with E-state index in [1.54, 1.807) is 20.8 Å². The van der Waals surface area contributed by atoms with E-state index in [0.717, 1.165) is 0 Å². The Balaban J connectivity index is 2.92. The van der Waals surface area contributed by atoms with Crippen LogP contribution in [0.1, 0.15) is 40.5 Å². The SMILES string of the molecule is CC1CCC(C=O)(CO)N1C(=O)OC(C)(C)C. The Kier molecular flexibility index (Phi) is 3.81. The lowest BCUT2D eigenvalue weighted by Crippen LogP contribution is -2.54. The molecular formula is C12H21NO4. The van der Waals surface area contributed by atoms with Crippen molar-refractivity contribution in [2.75, 3.05) is 6.61 Å². The van der Waals surface area contributed by atoms with Crippen LogP contribution in [0.25, 0.3) is 0 Å². The highest BCUT2D eigenvalue weighted by atomic mass is 16.6. The highest BCUT2D eigenvalue weighted by molar-refractivity contribution is 5.78. The minimum absolute atomic E-state index is 0.0952. The van der Waals surface area contributed by atoms with E-state index in [0.29, 0.717) is 19.1 Å². The zero-order valence-electron chi connectivity index (χ0n) is 10.9. The molecule has 5 nitrogen and oxygen atoms in total. The Labute approximate surface area is 102 Å². The van der Waals surface area contributed by atoms with Gasteiger partial charge < -0.3 is 14.6 Å². The highest BCUT2D eigenvalue weighted by Crippen LogP contribution is 2.33. The summed E-state index contributed by atoms with van der Waals surface area (Å²) in [6.45, 7) is 6.80. The number of carbonyl (C=O) groups excluding carboxylic acids is 2. The van der Waals surface area contributed by atoms with Gasteiger partial charge in [-0.2, -0.15) is 0 Å². The van der Waals surface area contributed by atoms with E-state index >= 15 is 0 Å². The van der Waals surface area contributed by atoms with Gasteiger partial charge in [0.1, 0.15) is 17.4 Å².